The van der Waals surface area contributed by atoms with Crippen LogP contribution in [0.4, 0.5) is 52.7 Å². The van der Waals surface area contributed by atoms with Crippen LogP contribution >= 0.6 is 0 Å². The SMILES string of the molecule is CC(=C(F)C(F)(F)C(F)(F)C(F)(F)F)C(C)(F)C(F)(F)F. The second-order valence-electron chi connectivity index (χ2n) is 4.09. The number of allylic oxidation sites excluding steroid dienone is 2. The molecule has 1 atom stereocenters. The Labute approximate surface area is 109 Å². The maximum atomic E-state index is 13.2. The summed E-state index contributed by atoms with van der Waals surface area (Å²) in [6, 6.07) is 0. The maximum Gasteiger partial charge on any atom is 0.460 e. The third-order valence-corrected chi connectivity index (χ3v) is 2.59. The van der Waals surface area contributed by atoms with Crippen LogP contribution in [-0.4, -0.2) is 29.9 Å². The summed E-state index contributed by atoms with van der Waals surface area (Å²) in [5.41, 5.74) is -7.49. The van der Waals surface area contributed by atoms with Crippen molar-refractivity contribution in [3.8, 4) is 0 Å². The van der Waals surface area contributed by atoms with Crippen LogP contribution < -0.4 is 0 Å². The van der Waals surface area contributed by atoms with Gasteiger partial charge in [0.05, 0.1) is 0 Å². The van der Waals surface area contributed by atoms with E-state index in [1.165, 1.54) is 0 Å². The molecule has 0 heterocycles. The zero-order valence-electron chi connectivity index (χ0n) is 10.0. The van der Waals surface area contributed by atoms with Crippen LogP contribution in [0.3, 0.4) is 0 Å². The van der Waals surface area contributed by atoms with Crippen molar-refractivity contribution in [3.05, 3.63) is 11.4 Å². The molecule has 0 amide bonds. The summed E-state index contributed by atoms with van der Waals surface area (Å²) in [4.78, 5) is 0. The second-order valence-corrected chi connectivity index (χ2v) is 4.09. The van der Waals surface area contributed by atoms with Gasteiger partial charge in [-0.3, -0.25) is 0 Å². The third kappa shape index (κ3) is 3.07. The molecule has 0 radical (unpaired) electrons. The molecular formula is C9H6F12. The molecule has 0 aliphatic carbocycles. The minimum atomic E-state index is -7.02. The Hall–Kier alpha value is -1.10. The standard InChI is InChI=1S/C9H6F12/c1-3(5(2,11)8(16,17)18)4(10)6(12,13)7(14,15)9(19,20)21/h1-2H3. The van der Waals surface area contributed by atoms with Gasteiger partial charge in [0.15, 0.2) is 5.83 Å². The predicted octanol–water partition coefficient (Wildman–Crippen LogP) is 5.35. The normalized spacial score (nSPS) is 19.1. The summed E-state index contributed by atoms with van der Waals surface area (Å²) in [6.07, 6.45) is -13.0. The van der Waals surface area contributed by atoms with Gasteiger partial charge in [0, 0.05) is 5.57 Å². The summed E-state index contributed by atoms with van der Waals surface area (Å²) in [5, 5.41) is 0. The largest absolute Gasteiger partial charge is 0.460 e. The van der Waals surface area contributed by atoms with E-state index >= 15 is 0 Å². The molecule has 0 nitrogen and oxygen atoms in total. The van der Waals surface area contributed by atoms with Crippen molar-refractivity contribution in [1.82, 2.24) is 0 Å². The van der Waals surface area contributed by atoms with Crippen LogP contribution in [0.1, 0.15) is 13.8 Å². The summed E-state index contributed by atoms with van der Waals surface area (Å²) in [7, 11) is 0. The van der Waals surface area contributed by atoms with E-state index in [2.05, 4.69) is 0 Å². The van der Waals surface area contributed by atoms with Crippen molar-refractivity contribution in [3.63, 3.8) is 0 Å². The lowest BCUT2D eigenvalue weighted by Gasteiger charge is -2.30. The monoisotopic (exact) mass is 342 g/mol. The Morgan fingerprint density at radius 3 is 1.24 bits per heavy atom. The molecule has 0 spiro atoms. The molecule has 0 aromatic carbocycles. The number of rotatable bonds is 3. The molecule has 0 aromatic rings. The van der Waals surface area contributed by atoms with Crippen molar-refractivity contribution in [2.24, 2.45) is 0 Å². The van der Waals surface area contributed by atoms with Gasteiger partial charge in [0.2, 0.25) is 5.67 Å². The van der Waals surface area contributed by atoms with Gasteiger partial charge in [-0.15, -0.1) is 0 Å². The number of hydrogen-bond acceptors (Lipinski definition) is 0. The lowest BCUT2D eigenvalue weighted by molar-refractivity contribution is -0.348. The zero-order valence-corrected chi connectivity index (χ0v) is 10.0. The van der Waals surface area contributed by atoms with Crippen molar-refractivity contribution in [2.45, 2.75) is 43.7 Å². The summed E-state index contributed by atoms with van der Waals surface area (Å²) >= 11 is 0. The molecule has 126 valence electrons. The average molecular weight is 342 g/mol. The molecule has 0 saturated carbocycles. The van der Waals surface area contributed by atoms with Crippen molar-refractivity contribution >= 4 is 0 Å². The lowest BCUT2D eigenvalue weighted by atomic mass is 9.94. The van der Waals surface area contributed by atoms with Crippen LogP contribution in [0, 0.1) is 0 Å². The van der Waals surface area contributed by atoms with E-state index in [-0.39, 0.29) is 6.92 Å². The summed E-state index contributed by atoms with van der Waals surface area (Å²) in [6.45, 7) is -0.799. The fourth-order valence-corrected chi connectivity index (χ4v) is 0.970. The van der Waals surface area contributed by atoms with Gasteiger partial charge in [0.25, 0.3) is 0 Å². The summed E-state index contributed by atoms with van der Waals surface area (Å²) in [5.74, 6) is -17.6. The van der Waals surface area contributed by atoms with Gasteiger partial charge >= 0.3 is 24.2 Å². The summed E-state index contributed by atoms with van der Waals surface area (Å²) < 4.78 is 148. The first-order valence-corrected chi connectivity index (χ1v) is 4.77. The molecule has 0 aliphatic rings. The fourth-order valence-electron chi connectivity index (χ4n) is 0.970. The van der Waals surface area contributed by atoms with Crippen molar-refractivity contribution in [2.75, 3.05) is 0 Å². The van der Waals surface area contributed by atoms with E-state index in [9.17, 15) is 52.7 Å². The highest BCUT2D eigenvalue weighted by atomic mass is 19.4. The van der Waals surface area contributed by atoms with E-state index in [1.54, 1.807) is 0 Å². The predicted molar refractivity (Wildman–Crippen MR) is 45.3 cm³/mol. The molecule has 0 aliphatic heterocycles. The highest BCUT2D eigenvalue weighted by Gasteiger charge is 2.76. The van der Waals surface area contributed by atoms with Crippen molar-refractivity contribution in [1.29, 1.82) is 0 Å². The van der Waals surface area contributed by atoms with Crippen LogP contribution in [0.5, 0.6) is 0 Å². The molecule has 0 N–H and O–H groups in total. The molecule has 21 heavy (non-hydrogen) atoms. The Balaban J connectivity index is 6.13. The third-order valence-electron chi connectivity index (χ3n) is 2.59. The van der Waals surface area contributed by atoms with Gasteiger partial charge in [-0.1, -0.05) is 0 Å². The Kier molecular flexibility index (Phi) is 4.71. The van der Waals surface area contributed by atoms with Gasteiger partial charge in [-0.05, 0) is 13.8 Å². The highest BCUT2D eigenvalue weighted by molar-refractivity contribution is 5.26. The van der Waals surface area contributed by atoms with E-state index in [1.807, 2.05) is 0 Å². The van der Waals surface area contributed by atoms with E-state index in [4.69, 9.17) is 0 Å². The molecule has 0 aromatic heterocycles. The van der Waals surface area contributed by atoms with E-state index < -0.39 is 48.2 Å². The van der Waals surface area contributed by atoms with Gasteiger partial charge in [-0.2, -0.15) is 43.9 Å². The zero-order chi connectivity index (χ0) is 17.7. The molecule has 12 heteroatoms. The molecule has 1 unspecified atom stereocenters. The van der Waals surface area contributed by atoms with Crippen LogP contribution in [0.25, 0.3) is 0 Å². The number of alkyl halides is 11. The molecule has 0 saturated heterocycles. The minimum absolute atomic E-state index is 0.302. The number of hydrogen-bond donors (Lipinski definition) is 0. The first-order valence-electron chi connectivity index (χ1n) is 4.77. The molecular weight excluding hydrogens is 336 g/mol. The Morgan fingerprint density at radius 1 is 0.667 bits per heavy atom. The van der Waals surface area contributed by atoms with E-state index in [0.29, 0.717) is 0 Å². The average Bonchev–Trinajstić information content (AvgIpc) is 2.23. The molecule has 0 fully saturated rings. The first kappa shape index (κ1) is 19.9. The lowest BCUT2D eigenvalue weighted by Crippen LogP contribution is -2.53. The first-order chi connectivity index (χ1) is 8.82. The minimum Gasteiger partial charge on any atom is -0.229 e. The topological polar surface area (TPSA) is 0 Å². The van der Waals surface area contributed by atoms with Crippen LogP contribution in [0.2, 0.25) is 0 Å². The smallest absolute Gasteiger partial charge is 0.229 e. The van der Waals surface area contributed by atoms with Gasteiger partial charge in [0.1, 0.15) is 0 Å². The number of halogens is 12. The van der Waals surface area contributed by atoms with Crippen molar-refractivity contribution < 1.29 is 52.7 Å². The quantitative estimate of drug-likeness (QED) is 0.606. The Bertz CT molecular complexity index is 421. The van der Waals surface area contributed by atoms with E-state index in [0.717, 1.165) is 0 Å². The van der Waals surface area contributed by atoms with Gasteiger partial charge < -0.3 is 0 Å². The fraction of sp³-hybridized carbons (Fsp3) is 0.778. The highest BCUT2D eigenvalue weighted by Crippen LogP contribution is 2.52. The van der Waals surface area contributed by atoms with Gasteiger partial charge in [-0.25, -0.2) is 8.78 Å². The maximum absolute atomic E-state index is 13.2. The Morgan fingerprint density at radius 2 is 1.00 bits per heavy atom. The molecule has 0 bridgehead atoms. The molecule has 0 rings (SSSR count). The second kappa shape index (κ2) is 4.97. The van der Waals surface area contributed by atoms with Crippen LogP contribution in [-0.2, 0) is 0 Å². The van der Waals surface area contributed by atoms with Crippen LogP contribution in [0.15, 0.2) is 11.4 Å².